The Morgan fingerprint density at radius 2 is 1.83 bits per heavy atom. The summed E-state index contributed by atoms with van der Waals surface area (Å²) in [6, 6.07) is 9.03. The standard InChI is InChI=1S/C22H29N5O3/c1-22(2,3)30-21(29)27-14-7-6-8-15(27)13-26(12-14)18-11-17(24-25-20(18)23)16-9-4-5-10-19(16)28/h4-5,9-11,14-15,28H,6-8,12-13H2,1-3H3,(H2,23,25). The number of ether oxygens (including phenoxy) is 1. The Balaban J connectivity index is 1.60. The van der Waals surface area contributed by atoms with Crippen LogP contribution in [-0.4, -0.2) is 57.1 Å². The summed E-state index contributed by atoms with van der Waals surface area (Å²) in [5.74, 6) is 0.493. The molecule has 0 saturated carbocycles. The summed E-state index contributed by atoms with van der Waals surface area (Å²) in [5, 5.41) is 18.5. The summed E-state index contributed by atoms with van der Waals surface area (Å²) in [4.78, 5) is 16.9. The van der Waals surface area contributed by atoms with E-state index < -0.39 is 5.60 Å². The van der Waals surface area contributed by atoms with Gasteiger partial charge >= 0.3 is 6.09 Å². The molecule has 3 N–H and O–H groups in total. The molecule has 2 aliphatic rings. The van der Waals surface area contributed by atoms with Gasteiger partial charge in [0.2, 0.25) is 0 Å². The number of carbonyl (C=O) groups is 1. The van der Waals surface area contributed by atoms with E-state index in [1.807, 2.05) is 37.8 Å². The summed E-state index contributed by atoms with van der Waals surface area (Å²) in [5.41, 5.74) is 7.62. The van der Waals surface area contributed by atoms with E-state index in [1.54, 1.807) is 18.2 Å². The second-order valence-corrected chi connectivity index (χ2v) is 9.05. The third-order valence-corrected chi connectivity index (χ3v) is 5.65. The summed E-state index contributed by atoms with van der Waals surface area (Å²) < 4.78 is 5.66. The SMILES string of the molecule is CC(C)(C)OC(=O)N1C2CCCC1CN(c1cc(-c3ccccc3O)nnc1N)C2. The first-order chi connectivity index (χ1) is 14.2. The number of nitrogen functional groups attached to an aromatic ring is 1. The minimum Gasteiger partial charge on any atom is -0.507 e. The van der Waals surface area contributed by atoms with Gasteiger partial charge in [-0.2, -0.15) is 0 Å². The van der Waals surface area contributed by atoms with E-state index in [-0.39, 0.29) is 23.9 Å². The highest BCUT2D eigenvalue weighted by atomic mass is 16.6. The van der Waals surface area contributed by atoms with Gasteiger partial charge in [0.25, 0.3) is 0 Å². The van der Waals surface area contributed by atoms with Gasteiger partial charge in [-0.1, -0.05) is 12.1 Å². The molecule has 1 aromatic carbocycles. The van der Waals surface area contributed by atoms with Crippen molar-refractivity contribution in [3.63, 3.8) is 0 Å². The number of aromatic hydroxyl groups is 1. The van der Waals surface area contributed by atoms with Crippen LogP contribution in [0.5, 0.6) is 5.75 Å². The molecule has 2 saturated heterocycles. The zero-order chi connectivity index (χ0) is 21.5. The lowest BCUT2D eigenvalue weighted by Gasteiger charge is -2.50. The number of benzene rings is 1. The number of nitrogens with two attached hydrogens (primary N) is 1. The molecule has 30 heavy (non-hydrogen) atoms. The van der Waals surface area contributed by atoms with Crippen LogP contribution in [0.25, 0.3) is 11.3 Å². The Hall–Kier alpha value is -3.03. The van der Waals surface area contributed by atoms with Crippen molar-refractivity contribution in [3.05, 3.63) is 30.3 Å². The Morgan fingerprint density at radius 3 is 2.47 bits per heavy atom. The summed E-state index contributed by atoms with van der Waals surface area (Å²) in [6.07, 6.45) is 2.71. The van der Waals surface area contributed by atoms with E-state index in [9.17, 15) is 9.90 Å². The average Bonchev–Trinajstić information content (AvgIpc) is 2.66. The van der Waals surface area contributed by atoms with E-state index in [0.717, 1.165) is 24.9 Å². The molecule has 4 rings (SSSR count). The van der Waals surface area contributed by atoms with E-state index in [2.05, 4.69) is 15.1 Å². The normalized spacial score (nSPS) is 21.4. The molecule has 0 spiro atoms. The number of piperidine rings is 1. The van der Waals surface area contributed by atoms with Crippen LogP contribution >= 0.6 is 0 Å². The van der Waals surface area contributed by atoms with Crippen molar-refractivity contribution in [1.29, 1.82) is 0 Å². The molecule has 8 nitrogen and oxygen atoms in total. The number of para-hydroxylation sites is 1. The number of nitrogens with zero attached hydrogens (tertiary/aromatic N) is 4. The van der Waals surface area contributed by atoms with Crippen molar-refractivity contribution in [2.45, 2.75) is 57.7 Å². The minimum absolute atomic E-state index is 0.0634. The van der Waals surface area contributed by atoms with Crippen LogP contribution in [0.2, 0.25) is 0 Å². The maximum Gasteiger partial charge on any atom is 0.410 e. The maximum atomic E-state index is 12.8. The van der Waals surface area contributed by atoms with Crippen LogP contribution in [-0.2, 0) is 4.74 Å². The molecule has 3 heterocycles. The first kappa shape index (κ1) is 20.3. The van der Waals surface area contributed by atoms with Crippen LogP contribution in [0.15, 0.2) is 30.3 Å². The number of anilines is 2. The summed E-state index contributed by atoms with van der Waals surface area (Å²) >= 11 is 0. The molecule has 1 aromatic heterocycles. The number of phenols is 1. The molecule has 160 valence electrons. The van der Waals surface area contributed by atoms with Crippen LogP contribution in [0.4, 0.5) is 16.3 Å². The third-order valence-electron chi connectivity index (χ3n) is 5.65. The second kappa shape index (κ2) is 7.66. The van der Waals surface area contributed by atoms with Crippen molar-refractivity contribution < 1.29 is 14.6 Å². The first-order valence-corrected chi connectivity index (χ1v) is 10.4. The van der Waals surface area contributed by atoms with Crippen molar-refractivity contribution >= 4 is 17.6 Å². The zero-order valence-corrected chi connectivity index (χ0v) is 17.7. The van der Waals surface area contributed by atoms with Crippen LogP contribution in [0, 0.1) is 0 Å². The van der Waals surface area contributed by atoms with Crippen molar-refractivity contribution in [1.82, 2.24) is 15.1 Å². The van der Waals surface area contributed by atoms with Gasteiger partial charge in [0.15, 0.2) is 5.82 Å². The first-order valence-electron chi connectivity index (χ1n) is 10.4. The van der Waals surface area contributed by atoms with Crippen molar-refractivity contribution in [2.24, 2.45) is 0 Å². The number of phenolic OH excluding ortho intramolecular Hbond substituents is 1. The largest absolute Gasteiger partial charge is 0.507 e. The molecule has 2 bridgehead atoms. The fraction of sp³-hybridized carbons (Fsp3) is 0.500. The van der Waals surface area contributed by atoms with Gasteiger partial charge in [0, 0.05) is 18.7 Å². The molecule has 2 aliphatic heterocycles. The van der Waals surface area contributed by atoms with Crippen LogP contribution < -0.4 is 10.6 Å². The lowest BCUT2D eigenvalue weighted by atomic mass is 9.91. The van der Waals surface area contributed by atoms with Gasteiger partial charge in [-0.3, -0.25) is 4.90 Å². The fourth-order valence-corrected chi connectivity index (χ4v) is 4.38. The van der Waals surface area contributed by atoms with Gasteiger partial charge in [0.1, 0.15) is 11.4 Å². The molecular weight excluding hydrogens is 382 g/mol. The lowest BCUT2D eigenvalue weighted by molar-refractivity contribution is -0.00968. The van der Waals surface area contributed by atoms with Gasteiger partial charge < -0.3 is 20.5 Å². The summed E-state index contributed by atoms with van der Waals surface area (Å²) in [7, 11) is 0. The average molecular weight is 412 g/mol. The van der Waals surface area contributed by atoms with Gasteiger partial charge in [-0.15, -0.1) is 10.2 Å². The Kier molecular flexibility index (Phi) is 5.17. The van der Waals surface area contributed by atoms with Crippen LogP contribution in [0.1, 0.15) is 40.0 Å². The molecule has 8 heteroatoms. The molecule has 2 atom stereocenters. The van der Waals surface area contributed by atoms with Crippen molar-refractivity contribution in [2.75, 3.05) is 23.7 Å². The minimum atomic E-state index is -0.519. The smallest absolute Gasteiger partial charge is 0.410 e. The van der Waals surface area contributed by atoms with Crippen LogP contribution in [0.3, 0.4) is 0 Å². The second-order valence-electron chi connectivity index (χ2n) is 9.05. The quantitative estimate of drug-likeness (QED) is 0.780. The molecule has 0 radical (unpaired) electrons. The lowest BCUT2D eigenvalue weighted by Crippen LogP contribution is -2.63. The molecule has 0 aliphatic carbocycles. The Labute approximate surface area is 176 Å². The number of amides is 1. The molecule has 2 aromatic rings. The molecule has 2 unspecified atom stereocenters. The highest BCUT2D eigenvalue weighted by molar-refractivity contribution is 5.75. The highest BCUT2D eigenvalue weighted by Crippen LogP contribution is 2.36. The number of hydrogen-bond acceptors (Lipinski definition) is 7. The predicted octanol–water partition coefficient (Wildman–Crippen LogP) is 3.41. The van der Waals surface area contributed by atoms with Gasteiger partial charge in [0.05, 0.1) is 23.5 Å². The number of fused-ring (bicyclic) bond motifs is 2. The summed E-state index contributed by atoms with van der Waals surface area (Å²) in [6.45, 7) is 6.99. The third kappa shape index (κ3) is 3.99. The molecule has 1 amide bonds. The predicted molar refractivity (Wildman–Crippen MR) is 115 cm³/mol. The molecular formula is C22H29N5O3. The zero-order valence-electron chi connectivity index (χ0n) is 17.7. The monoisotopic (exact) mass is 411 g/mol. The number of hydrogen-bond donors (Lipinski definition) is 2. The number of piperazine rings is 1. The topological polar surface area (TPSA) is 105 Å². The highest BCUT2D eigenvalue weighted by Gasteiger charge is 2.42. The van der Waals surface area contributed by atoms with Gasteiger partial charge in [-0.05, 0) is 58.2 Å². The van der Waals surface area contributed by atoms with E-state index in [4.69, 9.17) is 10.5 Å². The number of carbonyl (C=O) groups excluding carboxylic acids is 1. The van der Waals surface area contributed by atoms with E-state index >= 15 is 0 Å². The maximum absolute atomic E-state index is 12.8. The van der Waals surface area contributed by atoms with E-state index in [0.29, 0.717) is 30.2 Å². The van der Waals surface area contributed by atoms with Gasteiger partial charge in [-0.25, -0.2) is 4.79 Å². The molecule has 2 fully saturated rings. The Morgan fingerprint density at radius 1 is 1.17 bits per heavy atom. The van der Waals surface area contributed by atoms with Crippen molar-refractivity contribution in [3.8, 4) is 17.0 Å². The fourth-order valence-electron chi connectivity index (χ4n) is 4.38. The van der Waals surface area contributed by atoms with E-state index in [1.165, 1.54) is 0 Å². The number of aromatic nitrogens is 2. The Bertz CT molecular complexity index is 929. The number of rotatable bonds is 2.